The molecule has 1 N–H and O–H groups in total. The van der Waals surface area contributed by atoms with Crippen molar-refractivity contribution >= 4 is 17.5 Å². The summed E-state index contributed by atoms with van der Waals surface area (Å²) in [5.74, 6) is 2.64. The Labute approximate surface area is 187 Å². The van der Waals surface area contributed by atoms with E-state index in [1.165, 1.54) is 0 Å². The normalized spacial score (nSPS) is 15.6. The monoisotopic (exact) mass is 430 g/mol. The maximum Gasteiger partial charge on any atom is 0.255 e. The van der Waals surface area contributed by atoms with E-state index in [4.69, 9.17) is 9.15 Å². The molecule has 1 aromatic heterocycles. The summed E-state index contributed by atoms with van der Waals surface area (Å²) >= 11 is 0. The Balaban J connectivity index is 1.31. The van der Waals surface area contributed by atoms with Gasteiger partial charge in [-0.1, -0.05) is 24.6 Å². The van der Waals surface area contributed by atoms with E-state index in [0.29, 0.717) is 30.1 Å². The van der Waals surface area contributed by atoms with Crippen LogP contribution in [0.5, 0.6) is 5.75 Å². The Hall–Kier alpha value is -3.54. The zero-order valence-electron chi connectivity index (χ0n) is 18.1. The summed E-state index contributed by atoms with van der Waals surface area (Å²) in [5.41, 5.74) is 3.18. The molecule has 0 spiro atoms. The maximum absolute atomic E-state index is 12.6. The van der Waals surface area contributed by atoms with Gasteiger partial charge >= 0.3 is 0 Å². The third kappa shape index (κ3) is 4.00. The lowest BCUT2D eigenvalue weighted by Crippen LogP contribution is -2.41. The molecule has 2 aliphatic rings. The summed E-state index contributed by atoms with van der Waals surface area (Å²) in [7, 11) is 1.58. The molecule has 0 radical (unpaired) electrons. The van der Waals surface area contributed by atoms with E-state index >= 15 is 0 Å². The Morgan fingerprint density at radius 1 is 1.09 bits per heavy atom. The number of carbonyl (C=O) groups excluding carboxylic acids is 2. The highest BCUT2D eigenvalue weighted by Crippen LogP contribution is 2.34. The van der Waals surface area contributed by atoms with Gasteiger partial charge < -0.3 is 19.4 Å². The van der Waals surface area contributed by atoms with Crippen LogP contribution in [0.15, 0.2) is 59.0 Å². The summed E-state index contributed by atoms with van der Waals surface area (Å²) in [6.45, 7) is 1.33. The summed E-state index contributed by atoms with van der Waals surface area (Å²) < 4.78 is 11.3. The molecular formula is C26H26N2O4. The molecule has 2 amide bonds. The first-order valence-electron chi connectivity index (χ1n) is 11.1. The minimum absolute atomic E-state index is 0.204. The molecule has 5 rings (SSSR count). The van der Waals surface area contributed by atoms with Crippen molar-refractivity contribution in [2.24, 2.45) is 5.92 Å². The van der Waals surface area contributed by atoms with Crippen LogP contribution in [0.25, 0.3) is 11.3 Å². The molecule has 0 bridgehead atoms. The SMILES string of the molecule is COc1cccc(C(=O)Nc2cccc(-c3cc4c(o3)CCN(C(=O)C3CCC3)C4)c2)c1. The van der Waals surface area contributed by atoms with E-state index in [-0.39, 0.29) is 17.7 Å². The minimum Gasteiger partial charge on any atom is -0.497 e. The van der Waals surface area contributed by atoms with Crippen molar-refractivity contribution in [1.29, 1.82) is 0 Å². The highest BCUT2D eigenvalue weighted by molar-refractivity contribution is 6.04. The molecular weight excluding hydrogens is 404 g/mol. The van der Waals surface area contributed by atoms with Gasteiger partial charge in [-0.15, -0.1) is 0 Å². The number of fused-ring (bicyclic) bond motifs is 1. The second-order valence-corrected chi connectivity index (χ2v) is 8.46. The number of amides is 2. The average Bonchev–Trinajstić information content (AvgIpc) is 3.21. The van der Waals surface area contributed by atoms with Crippen molar-refractivity contribution in [3.8, 4) is 17.1 Å². The number of rotatable bonds is 5. The number of furan rings is 1. The van der Waals surface area contributed by atoms with Crippen LogP contribution in [-0.2, 0) is 17.8 Å². The van der Waals surface area contributed by atoms with Crippen molar-refractivity contribution in [3.05, 3.63) is 71.5 Å². The molecule has 0 atom stereocenters. The van der Waals surface area contributed by atoms with Crippen molar-refractivity contribution in [3.63, 3.8) is 0 Å². The molecule has 164 valence electrons. The standard InChI is InChI=1S/C26H26N2O4/c1-31-22-10-4-8-19(14-22)25(29)27-21-9-3-7-18(13-21)24-15-20-16-28(12-11-23(20)32-24)26(30)17-5-2-6-17/h3-4,7-10,13-15,17H,2,5-6,11-12,16H2,1H3,(H,27,29). The average molecular weight is 431 g/mol. The summed E-state index contributed by atoms with van der Waals surface area (Å²) in [5, 5.41) is 2.94. The lowest BCUT2D eigenvalue weighted by atomic mass is 9.84. The van der Waals surface area contributed by atoms with Gasteiger partial charge in [0, 0.05) is 47.8 Å². The zero-order chi connectivity index (χ0) is 22.1. The fraction of sp³-hybridized carbons (Fsp3) is 0.308. The number of ether oxygens (including phenoxy) is 1. The van der Waals surface area contributed by atoms with Crippen molar-refractivity contribution in [1.82, 2.24) is 4.90 Å². The van der Waals surface area contributed by atoms with Gasteiger partial charge in [-0.3, -0.25) is 9.59 Å². The topological polar surface area (TPSA) is 71.8 Å². The molecule has 0 saturated heterocycles. The van der Waals surface area contributed by atoms with Gasteiger partial charge in [-0.2, -0.15) is 0 Å². The highest BCUT2D eigenvalue weighted by Gasteiger charge is 2.32. The predicted molar refractivity (Wildman–Crippen MR) is 122 cm³/mol. The highest BCUT2D eigenvalue weighted by atomic mass is 16.5. The first kappa shape index (κ1) is 20.4. The van der Waals surface area contributed by atoms with Crippen LogP contribution in [0.3, 0.4) is 0 Å². The largest absolute Gasteiger partial charge is 0.497 e. The smallest absolute Gasteiger partial charge is 0.255 e. The summed E-state index contributed by atoms with van der Waals surface area (Å²) in [4.78, 5) is 27.2. The molecule has 0 unspecified atom stereocenters. The van der Waals surface area contributed by atoms with E-state index in [2.05, 4.69) is 5.32 Å². The predicted octanol–water partition coefficient (Wildman–Crippen LogP) is 4.89. The number of nitrogens with one attached hydrogen (secondary N) is 1. The molecule has 3 aromatic rings. The molecule has 2 heterocycles. The molecule has 32 heavy (non-hydrogen) atoms. The first-order valence-corrected chi connectivity index (χ1v) is 11.1. The van der Waals surface area contributed by atoms with Crippen molar-refractivity contribution in [2.45, 2.75) is 32.2 Å². The molecule has 1 fully saturated rings. The van der Waals surface area contributed by atoms with Gasteiger partial charge in [0.15, 0.2) is 0 Å². The number of benzene rings is 2. The van der Waals surface area contributed by atoms with Crippen LogP contribution in [0, 0.1) is 5.92 Å². The van der Waals surface area contributed by atoms with Crippen LogP contribution in [0.2, 0.25) is 0 Å². The fourth-order valence-electron chi connectivity index (χ4n) is 4.29. The maximum atomic E-state index is 12.6. The number of anilines is 1. The van der Waals surface area contributed by atoms with Crippen LogP contribution < -0.4 is 10.1 Å². The third-order valence-corrected chi connectivity index (χ3v) is 6.37. The van der Waals surface area contributed by atoms with Gasteiger partial charge in [0.05, 0.1) is 7.11 Å². The summed E-state index contributed by atoms with van der Waals surface area (Å²) in [6.07, 6.45) is 3.94. The van der Waals surface area contributed by atoms with Gasteiger partial charge in [-0.25, -0.2) is 0 Å². The number of hydrogen-bond acceptors (Lipinski definition) is 4. The lowest BCUT2D eigenvalue weighted by molar-refractivity contribution is -0.139. The second kappa shape index (κ2) is 8.54. The Morgan fingerprint density at radius 3 is 2.72 bits per heavy atom. The van der Waals surface area contributed by atoms with Crippen LogP contribution in [0.4, 0.5) is 5.69 Å². The molecule has 6 nitrogen and oxygen atoms in total. The third-order valence-electron chi connectivity index (χ3n) is 6.37. The van der Waals surface area contributed by atoms with Crippen LogP contribution in [-0.4, -0.2) is 30.4 Å². The molecule has 1 aliphatic heterocycles. The lowest BCUT2D eigenvalue weighted by Gasteiger charge is -2.33. The zero-order valence-corrected chi connectivity index (χ0v) is 18.1. The molecule has 2 aromatic carbocycles. The van der Waals surface area contributed by atoms with E-state index in [9.17, 15) is 9.59 Å². The van der Waals surface area contributed by atoms with Crippen LogP contribution >= 0.6 is 0 Å². The van der Waals surface area contributed by atoms with Gasteiger partial charge in [0.2, 0.25) is 5.91 Å². The van der Waals surface area contributed by atoms with Crippen LogP contribution in [0.1, 0.15) is 40.9 Å². The Morgan fingerprint density at radius 2 is 1.94 bits per heavy atom. The number of hydrogen-bond donors (Lipinski definition) is 1. The minimum atomic E-state index is -0.204. The van der Waals surface area contributed by atoms with E-state index in [0.717, 1.165) is 48.3 Å². The van der Waals surface area contributed by atoms with E-state index in [1.54, 1.807) is 31.4 Å². The van der Waals surface area contributed by atoms with E-state index in [1.807, 2.05) is 35.2 Å². The summed E-state index contributed by atoms with van der Waals surface area (Å²) in [6, 6.07) is 16.7. The quantitative estimate of drug-likeness (QED) is 0.625. The number of methoxy groups -OCH3 is 1. The molecule has 1 aliphatic carbocycles. The second-order valence-electron chi connectivity index (χ2n) is 8.46. The molecule has 6 heteroatoms. The van der Waals surface area contributed by atoms with Gasteiger partial charge in [0.1, 0.15) is 17.3 Å². The van der Waals surface area contributed by atoms with E-state index < -0.39 is 0 Å². The van der Waals surface area contributed by atoms with Gasteiger partial charge in [0.25, 0.3) is 5.91 Å². The Bertz CT molecular complexity index is 1160. The van der Waals surface area contributed by atoms with Crippen molar-refractivity contribution < 1.29 is 18.7 Å². The Kier molecular flexibility index (Phi) is 5.43. The van der Waals surface area contributed by atoms with Gasteiger partial charge in [-0.05, 0) is 49.2 Å². The number of carbonyl (C=O) groups is 2. The fourth-order valence-corrected chi connectivity index (χ4v) is 4.29. The molecule has 1 saturated carbocycles. The first-order chi connectivity index (χ1) is 15.6. The number of nitrogens with zero attached hydrogens (tertiary/aromatic N) is 1. The van der Waals surface area contributed by atoms with Crippen molar-refractivity contribution in [2.75, 3.05) is 19.0 Å².